The van der Waals surface area contributed by atoms with E-state index in [0.717, 1.165) is 0 Å². The first-order valence-electron chi connectivity index (χ1n) is 6.53. The number of nitrogens with two attached hydrogens (primary N) is 1. The van der Waals surface area contributed by atoms with E-state index in [9.17, 15) is 4.39 Å². The third-order valence-electron chi connectivity index (χ3n) is 3.89. The number of hydrazine groups is 1. The van der Waals surface area contributed by atoms with E-state index in [4.69, 9.17) is 10.6 Å². The van der Waals surface area contributed by atoms with Gasteiger partial charge in [-0.25, -0.2) is 4.39 Å². The second-order valence-electron chi connectivity index (χ2n) is 4.96. The molecule has 100 valence electrons. The Morgan fingerprint density at radius 2 is 2.17 bits per heavy atom. The van der Waals surface area contributed by atoms with Crippen molar-refractivity contribution >= 4 is 0 Å². The smallest absolute Gasteiger partial charge is 0.168 e. The Balaban J connectivity index is 2.11. The molecule has 4 heteroatoms. The molecule has 0 saturated heterocycles. The van der Waals surface area contributed by atoms with Gasteiger partial charge in [-0.15, -0.1) is 0 Å². The predicted octanol–water partition coefficient (Wildman–Crippen LogP) is 2.40. The first-order valence-corrected chi connectivity index (χ1v) is 6.53. The summed E-state index contributed by atoms with van der Waals surface area (Å²) >= 11 is 0. The summed E-state index contributed by atoms with van der Waals surface area (Å²) in [7, 11) is 1.48. The molecule has 0 spiro atoms. The van der Waals surface area contributed by atoms with Gasteiger partial charge in [-0.2, -0.15) is 0 Å². The number of halogens is 1. The molecule has 3 N–H and O–H groups in total. The zero-order chi connectivity index (χ0) is 13.0. The molecular formula is C14H21FN2O. The van der Waals surface area contributed by atoms with Gasteiger partial charge < -0.3 is 4.74 Å². The number of rotatable bonds is 5. The highest BCUT2D eigenvalue weighted by Crippen LogP contribution is 2.30. The number of nitrogens with one attached hydrogen (secondary N) is 1. The largest absolute Gasteiger partial charge is 0.494 e. The van der Waals surface area contributed by atoms with Gasteiger partial charge >= 0.3 is 0 Å². The molecule has 3 nitrogen and oxygen atoms in total. The second kappa shape index (κ2) is 6.16. The third-order valence-corrected chi connectivity index (χ3v) is 3.89. The summed E-state index contributed by atoms with van der Waals surface area (Å²) in [5, 5.41) is 0. The van der Waals surface area contributed by atoms with Crippen LogP contribution in [0.25, 0.3) is 0 Å². The van der Waals surface area contributed by atoms with Crippen molar-refractivity contribution in [3.05, 3.63) is 29.6 Å². The number of benzene rings is 1. The summed E-state index contributed by atoms with van der Waals surface area (Å²) in [6.07, 6.45) is 5.48. The topological polar surface area (TPSA) is 47.3 Å². The number of hydrogen-bond acceptors (Lipinski definition) is 3. The lowest BCUT2D eigenvalue weighted by Gasteiger charge is -2.23. The third kappa shape index (κ3) is 2.82. The van der Waals surface area contributed by atoms with Gasteiger partial charge in [0.25, 0.3) is 0 Å². The Hall–Kier alpha value is -1.13. The minimum absolute atomic E-state index is 0.147. The maximum atomic E-state index is 14.1. The van der Waals surface area contributed by atoms with Crippen molar-refractivity contribution in [3.63, 3.8) is 0 Å². The molecule has 1 aromatic rings. The van der Waals surface area contributed by atoms with Crippen molar-refractivity contribution in [2.75, 3.05) is 7.11 Å². The molecule has 2 rings (SSSR count). The van der Waals surface area contributed by atoms with Crippen molar-refractivity contribution in [1.82, 2.24) is 5.43 Å². The van der Waals surface area contributed by atoms with Crippen LogP contribution >= 0.6 is 0 Å². The van der Waals surface area contributed by atoms with Gasteiger partial charge in [0.2, 0.25) is 0 Å². The van der Waals surface area contributed by atoms with E-state index in [2.05, 4.69) is 5.43 Å². The van der Waals surface area contributed by atoms with Crippen LogP contribution in [0.3, 0.4) is 0 Å². The van der Waals surface area contributed by atoms with E-state index in [1.807, 2.05) is 6.07 Å². The Labute approximate surface area is 107 Å². The van der Waals surface area contributed by atoms with E-state index >= 15 is 0 Å². The first-order chi connectivity index (χ1) is 8.76. The molecule has 0 radical (unpaired) electrons. The Bertz CT molecular complexity index is 391. The van der Waals surface area contributed by atoms with Crippen LogP contribution in [0, 0.1) is 11.7 Å². The predicted molar refractivity (Wildman–Crippen MR) is 69.7 cm³/mol. The van der Waals surface area contributed by atoms with Gasteiger partial charge in [0, 0.05) is 6.04 Å². The fourth-order valence-corrected chi connectivity index (χ4v) is 2.83. The summed E-state index contributed by atoms with van der Waals surface area (Å²) in [6.45, 7) is 0. The van der Waals surface area contributed by atoms with Gasteiger partial charge in [-0.3, -0.25) is 11.3 Å². The standard InChI is InChI=1S/C14H21FN2O/c1-18-13-8-4-7-11(14(13)15)9-12(17-16)10-5-2-3-6-10/h4,7-8,10,12,17H,2-3,5-6,9,16H2,1H3. The highest BCUT2D eigenvalue weighted by atomic mass is 19.1. The van der Waals surface area contributed by atoms with Crippen LogP contribution in [0.4, 0.5) is 4.39 Å². The summed E-state index contributed by atoms with van der Waals surface area (Å²) in [6, 6.07) is 5.41. The van der Waals surface area contributed by atoms with Crippen LogP contribution in [-0.2, 0) is 6.42 Å². The average Bonchev–Trinajstić information content (AvgIpc) is 2.91. The fourth-order valence-electron chi connectivity index (χ4n) is 2.83. The normalized spacial score (nSPS) is 17.9. The monoisotopic (exact) mass is 252 g/mol. The van der Waals surface area contributed by atoms with Crippen LogP contribution in [0.2, 0.25) is 0 Å². The summed E-state index contributed by atoms with van der Waals surface area (Å²) in [5.41, 5.74) is 3.52. The van der Waals surface area contributed by atoms with E-state index in [0.29, 0.717) is 23.7 Å². The molecule has 1 unspecified atom stereocenters. The molecule has 1 saturated carbocycles. The van der Waals surface area contributed by atoms with Crippen molar-refractivity contribution in [1.29, 1.82) is 0 Å². The lowest BCUT2D eigenvalue weighted by Crippen LogP contribution is -2.41. The van der Waals surface area contributed by atoms with E-state index in [1.165, 1.54) is 32.8 Å². The van der Waals surface area contributed by atoms with Crippen LogP contribution < -0.4 is 16.0 Å². The van der Waals surface area contributed by atoms with Crippen molar-refractivity contribution < 1.29 is 9.13 Å². The van der Waals surface area contributed by atoms with Gasteiger partial charge in [0.1, 0.15) is 0 Å². The SMILES string of the molecule is COc1cccc(CC(NN)C2CCCC2)c1F. The molecule has 0 amide bonds. The van der Waals surface area contributed by atoms with Crippen molar-refractivity contribution in [2.45, 2.75) is 38.1 Å². The first kappa shape index (κ1) is 13.3. The Morgan fingerprint density at radius 3 is 2.78 bits per heavy atom. The van der Waals surface area contributed by atoms with Gasteiger partial charge in [0.05, 0.1) is 7.11 Å². The molecule has 1 aliphatic carbocycles. The van der Waals surface area contributed by atoms with Crippen LogP contribution in [0.5, 0.6) is 5.75 Å². The van der Waals surface area contributed by atoms with Crippen LogP contribution in [0.15, 0.2) is 18.2 Å². The highest BCUT2D eigenvalue weighted by molar-refractivity contribution is 5.31. The molecule has 0 bridgehead atoms. The highest BCUT2D eigenvalue weighted by Gasteiger charge is 2.25. The number of ether oxygens (including phenoxy) is 1. The number of hydrogen-bond donors (Lipinski definition) is 2. The molecule has 1 aromatic carbocycles. The van der Waals surface area contributed by atoms with E-state index in [1.54, 1.807) is 12.1 Å². The minimum Gasteiger partial charge on any atom is -0.494 e. The maximum absolute atomic E-state index is 14.1. The lowest BCUT2D eigenvalue weighted by atomic mass is 9.92. The van der Waals surface area contributed by atoms with E-state index < -0.39 is 0 Å². The van der Waals surface area contributed by atoms with Crippen molar-refractivity contribution in [3.8, 4) is 5.75 Å². The molecule has 1 fully saturated rings. The maximum Gasteiger partial charge on any atom is 0.168 e. The van der Waals surface area contributed by atoms with Gasteiger partial charge in [-0.1, -0.05) is 25.0 Å². The summed E-state index contributed by atoms with van der Waals surface area (Å²) in [4.78, 5) is 0. The molecule has 0 aromatic heterocycles. The zero-order valence-corrected chi connectivity index (χ0v) is 10.8. The van der Waals surface area contributed by atoms with Gasteiger partial charge in [0.15, 0.2) is 11.6 Å². The van der Waals surface area contributed by atoms with E-state index in [-0.39, 0.29) is 11.9 Å². The molecule has 18 heavy (non-hydrogen) atoms. The second-order valence-corrected chi connectivity index (χ2v) is 4.96. The quantitative estimate of drug-likeness (QED) is 0.625. The molecular weight excluding hydrogens is 231 g/mol. The summed E-state index contributed by atoms with van der Waals surface area (Å²) in [5.74, 6) is 6.21. The molecule has 1 aliphatic rings. The zero-order valence-electron chi connectivity index (χ0n) is 10.8. The average molecular weight is 252 g/mol. The van der Waals surface area contributed by atoms with Crippen LogP contribution in [0.1, 0.15) is 31.2 Å². The van der Waals surface area contributed by atoms with Crippen molar-refractivity contribution in [2.24, 2.45) is 11.8 Å². The van der Waals surface area contributed by atoms with Crippen LogP contribution in [-0.4, -0.2) is 13.2 Å². The molecule has 0 heterocycles. The molecule has 1 atom stereocenters. The summed E-state index contributed by atoms with van der Waals surface area (Å²) < 4.78 is 19.1. The fraction of sp³-hybridized carbons (Fsp3) is 0.571. The number of methoxy groups -OCH3 is 1. The Kier molecular flexibility index (Phi) is 4.55. The molecule has 0 aliphatic heterocycles. The minimum atomic E-state index is -0.266. The van der Waals surface area contributed by atoms with Gasteiger partial charge in [-0.05, 0) is 36.8 Å². The Morgan fingerprint density at radius 1 is 1.44 bits per heavy atom. The lowest BCUT2D eigenvalue weighted by molar-refractivity contribution is 0.351.